The van der Waals surface area contributed by atoms with Gasteiger partial charge in [-0.05, 0) is 5.56 Å². The molecular weight excluding hydrogens is 422 g/mol. The van der Waals surface area contributed by atoms with E-state index in [9.17, 15) is 19.2 Å². The van der Waals surface area contributed by atoms with Gasteiger partial charge >= 0.3 is 23.9 Å². The number of benzene rings is 1. The molecule has 0 radical (unpaired) electrons. The number of hydrogen-bond donors (Lipinski definition) is 0. The monoisotopic (exact) mass is 449 g/mol. The lowest BCUT2D eigenvalue weighted by molar-refractivity contribution is -0.213. The Bertz CT molecular complexity index is 873. The first-order valence-electron chi connectivity index (χ1n) is 10.2. The molecule has 2 aliphatic heterocycles. The maximum Gasteiger partial charge on any atom is 0.305 e. The summed E-state index contributed by atoms with van der Waals surface area (Å²) in [6.45, 7) is 5.65. The van der Waals surface area contributed by atoms with Crippen LogP contribution in [0.2, 0.25) is 0 Å². The lowest BCUT2D eigenvalue weighted by Crippen LogP contribution is -2.68. The Morgan fingerprint density at radius 3 is 2.12 bits per heavy atom. The second-order valence-corrected chi connectivity index (χ2v) is 7.92. The first-order valence-corrected chi connectivity index (χ1v) is 10.2. The smallest absolute Gasteiger partial charge is 0.305 e. The number of likely N-dealkylation sites (tertiary alicyclic amines) is 1. The van der Waals surface area contributed by atoms with Crippen LogP contribution in [0.25, 0.3) is 0 Å². The summed E-state index contributed by atoms with van der Waals surface area (Å²) in [6.07, 6.45) is -4.48. The van der Waals surface area contributed by atoms with Crippen molar-refractivity contribution in [3.8, 4) is 0 Å². The number of fused-ring (bicyclic) bond motifs is 1. The third-order valence-electron chi connectivity index (χ3n) is 5.21. The molecule has 2 saturated heterocycles. The predicted octanol–water partition coefficient (Wildman–Crippen LogP) is 0.955. The lowest BCUT2D eigenvalue weighted by Gasteiger charge is -2.47. The molecule has 0 unspecified atom stereocenters. The number of ether oxygens (including phenoxy) is 5. The van der Waals surface area contributed by atoms with Crippen molar-refractivity contribution in [2.75, 3.05) is 13.1 Å². The lowest BCUT2D eigenvalue weighted by atomic mass is 9.84. The van der Waals surface area contributed by atoms with Gasteiger partial charge in [0.05, 0.1) is 0 Å². The number of nitrogens with zero attached hydrogens (tertiary/aromatic N) is 1. The number of hydrogen-bond acceptors (Lipinski definition) is 10. The molecule has 0 N–H and O–H groups in total. The van der Waals surface area contributed by atoms with Crippen LogP contribution in [0.1, 0.15) is 33.3 Å². The van der Waals surface area contributed by atoms with Crippen molar-refractivity contribution in [3.05, 3.63) is 35.9 Å². The van der Waals surface area contributed by atoms with Crippen LogP contribution < -0.4 is 0 Å². The molecule has 0 bridgehead atoms. The number of piperidine rings is 1. The minimum atomic E-state index is -1.56. The molecule has 5 atom stereocenters. The second-order valence-electron chi connectivity index (χ2n) is 7.92. The van der Waals surface area contributed by atoms with E-state index in [0.29, 0.717) is 6.54 Å². The van der Waals surface area contributed by atoms with Gasteiger partial charge < -0.3 is 23.7 Å². The van der Waals surface area contributed by atoms with E-state index in [1.54, 1.807) is 0 Å². The van der Waals surface area contributed by atoms with E-state index < -0.39 is 54.1 Å². The SMILES string of the molecule is CC(=O)O[C@@H]1O[C@@H]2[C@H](OC(C)=O)CN(Cc3ccccc3)C[C@]2(OC(C)=O)[C@H]1OC(C)=O. The van der Waals surface area contributed by atoms with Crippen LogP contribution in [-0.4, -0.2) is 72.1 Å². The molecular formula is C22H27NO9. The zero-order chi connectivity index (χ0) is 23.5. The zero-order valence-corrected chi connectivity index (χ0v) is 18.4. The van der Waals surface area contributed by atoms with Crippen LogP contribution in [-0.2, 0) is 49.4 Å². The predicted molar refractivity (Wildman–Crippen MR) is 108 cm³/mol. The molecule has 2 fully saturated rings. The average molecular weight is 449 g/mol. The first-order chi connectivity index (χ1) is 15.1. The molecule has 0 aliphatic carbocycles. The van der Waals surface area contributed by atoms with E-state index in [1.165, 1.54) is 27.7 Å². The van der Waals surface area contributed by atoms with Crippen LogP contribution in [0.15, 0.2) is 30.3 Å². The van der Waals surface area contributed by atoms with Gasteiger partial charge in [0.25, 0.3) is 0 Å². The Kier molecular flexibility index (Phi) is 7.15. The van der Waals surface area contributed by atoms with Crippen molar-refractivity contribution in [2.24, 2.45) is 0 Å². The normalized spacial score (nSPS) is 29.5. The van der Waals surface area contributed by atoms with Gasteiger partial charge in [-0.2, -0.15) is 0 Å². The highest BCUT2D eigenvalue weighted by atomic mass is 16.8. The molecule has 1 aromatic carbocycles. The third-order valence-corrected chi connectivity index (χ3v) is 5.21. The highest BCUT2D eigenvalue weighted by Gasteiger charge is 2.68. The summed E-state index contributed by atoms with van der Waals surface area (Å²) in [5.74, 6) is -2.56. The molecule has 10 heteroatoms. The van der Waals surface area contributed by atoms with Gasteiger partial charge in [0.15, 0.2) is 5.60 Å². The van der Waals surface area contributed by atoms with Gasteiger partial charge in [-0.1, -0.05) is 30.3 Å². The van der Waals surface area contributed by atoms with E-state index in [0.717, 1.165) is 5.56 Å². The van der Waals surface area contributed by atoms with E-state index >= 15 is 0 Å². The average Bonchev–Trinajstić information content (AvgIpc) is 2.94. The van der Waals surface area contributed by atoms with Crippen molar-refractivity contribution < 1.29 is 42.9 Å². The summed E-state index contributed by atoms with van der Waals surface area (Å²) < 4.78 is 27.9. The molecule has 0 aromatic heterocycles. The summed E-state index contributed by atoms with van der Waals surface area (Å²) in [6, 6.07) is 9.54. The Balaban J connectivity index is 2.04. The maximum atomic E-state index is 12.2. The fourth-order valence-electron chi connectivity index (χ4n) is 4.35. The highest BCUT2D eigenvalue weighted by molar-refractivity contribution is 5.69. The van der Waals surface area contributed by atoms with Crippen molar-refractivity contribution in [1.82, 2.24) is 4.90 Å². The molecule has 2 heterocycles. The molecule has 32 heavy (non-hydrogen) atoms. The Hall–Kier alpha value is -2.98. The Morgan fingerprint density at radius 2 is 1.56 bits per heavy atom. The Labute approximate surface area is 185 Å². The summed E-state index contributed by atoms with van der Waals surface area (Å²) in [4.78, 5) is 49.5. The van der Waals surface area contributed by atoms with Crippen LogP contribution in [0.5, 0.6) is 0 Å². The molecule has 10 nitrogen and oxygen atoms in total. The van der Waals surface area contributed by atoms with Crippen LogP contribution in [0.3, 0.4) is 0 Å². The van der Waals surface area contributed by atoms with Gasteiger partial charge in [0.1, 0.15) is 12.2 Å². The zero-order valence-electron chi connectivity index (χ0n) is 18.4. The molecule has 3 rings (SSSR count). The van der Waals surface area contributed by atoms with Crippen molar-refractivity contribution in [2.45, 2.75) is 64.4 Å². The number of esters is 4. The fraction of sp³-hybridized carbons (Fsp3) is 0.545. The van der Waals surface area contributed by atoms with Gasteiger partial charge in [0, 0.05) is 47.3 Å². The summed E-state index contributed by atoms with van der Waals surface area (Å²) >= 11 is 0. The summed E-state index contributed by atoms with van der Waals surface area (Å²) in [5.41, 5.74) is -0.588. The Morgan fingerprint density at radius 1 is 0.938 bits per heavy atom. The minimum Gasteiger partial charge on any atom is -0.458 e. The van der Waals surface area contributed by atoms with E-state index in [4.69, 9.17) is 23.7 Å². The van der Waals surface area contributed by atoms with Crippen molar-refractivity contribution in [1.29, 1.82) is 0 Å². The van der Waals surface area contributed by atoms with Crippen molar-refractivity contribution >= 4 is 23.9 Å². The second kappa shape index (κ2) is 9.66. The first kappa shape index (κ1) is 23.7. The molecule has 0 spiro atoms. The van der Waals surface area contributed by atoms with E-state index in [2.05, 4.69) is 0 Å². The van der Waals surface area contributed by atoms with Gasteiger partial charge in [0.2, 0.25) is 12.4 Å². The van der Waals surface area contributed by atoms with Crippen molar-refractivity contribution in [3.63, 3.8) is 0 Å². The van der Waals surface area contributed by atoms with E-state index in [-0.39, 0.29) is 13.1 Å². The largest absolute Gasteiger partial charge is 0.458 e. The third kappa shape index (κ3) is 5.25. The molecule has 2 aliphatic rings. The van der Waals surface area contributed by atoms with Crippen LogP contribution in [0.4, 0.5) is 0 Å². The number of carbonyl (C=O) groups excluding carboxylic acids is 4. The molecule has 0 saturated carbocycles. The maximum absolute atomic E-state index is 12.2. The summed E-state index contributed by atoms with van der Waals surface area (Å²) in [5, 5.41) is 0. The standard InChI is InChI=1S/C22H27NO9/c1-13(24)28-18-11-23(10-17-8-6-5-7-9-17)12-22(32-16(4)27)19(18)31-21(30-15(3)26)20(22)29-14(2)25/h5-9,18-21H,10-12H2,1-4H3/t18-,19-,20+,21-,22-/m1/s1. The van der Waals surface area contributed by atoms with Gasteiger partial charge in [-0.15, -0.1) is 0 Å². The highest BCUT2D eigenvalue weighted by Crippen LogP contribution is 2.43. The summed E-state index contributed by atoms with van der Waals surface area (Å²) in [7, 11) is 0. The minimum absolute atomic E-state index is 0.0968. The quantitative estimate of drug-likeness (QED) is 0.459. The van der Waals surface area contributed by atoms with Crippen LogP contribution >= 0.6 is 0 Å². The molecule has 0 amide bonds. The topological polar surface area (TPSA) is 118 Å². The van der Waals surface area contributed by atoms with Gasteiger partial charge in [-0.3, -0.25) is 24.1 Å². The van der Waals surface area contributed by atoms with E-state index in [1.807, 2.05) is 35.2 Å². The van der Waals surface area contributed by atoms with Gasteiger partial charge in [-0.25, -0.2) is 0 Å². The molecule has 174 valence electrons. The fourth-order valence-corrected chi connectivity index (χ4v) is 4.35. The number of carbonyl (C=O) groups is 4. The van der Waals surface area contributed by atoms with Crippen LogP contribution in [0, 0.1) is 0 Å². The number of rotatable bonds is 6. The molecule has 1 aromatic rings.